The van der Waals surface area contributed by atoms with E-state index in [9.17, 15) is 9.90 Å². The monoisotopic (exact) mass is 270 g/mol. The van der Waals surface area contributed by atoms with E-state index in [4.69, 9.17) is 11.6 Å². The normalized spacial score (nSPS) is 12.1. The van der Waals surface area contributed by atoms with Gasteiger partial charge in [0.1, 0.15) is 0 Å². The number of halogens is 1. The van der Waals surface area contributed by atoms with Crippen molar-refractivity contribution in [3.8, 4) is 0 Å². The Bertz CT molecular complexity index is 421. The van der Waals surface area contributed by atoms with Crippen molar-refractivity contribution in [3.05, 3.63) is 28.8 Å². The molecule has 100 valence electrons. The molecule has 0 aliphatic heterocycles. The van der Waals surface area contributed by atoms with E-state index in [-0.39, 0.29) is 12.5 Å². The summed E-state index contributed by atoms with van der Waals surface area (Å²) in [7, 11) is 1.61. The molecule has 0 heterocycles. The van der Waals surface area contributed by atoms with Crippen LogP contribution in [0.25, 0.3) is 0 Å². The average Bonchev–Trinajstić information content (AvgIpc) is 2.35. The van der Waals surface area contributed by atoms with Gasteiger partial charge >= 0.3 is 0 Å². The highest BCUT2D eigenvalue weighted by Gasteiger charge is 2.13. The number of nitrogens with zero attached hydrogens (tertiary/aromatic N) is 1. The van der Waals surface area contributed by atoms with Crippen LogP contribution < -0.4 is 10.2 Å². The van der Waals surface area contributed by atoms with Crippen molar-refractivity contribution in [1.29, 1.82) is 0 Å². The Labute approximate surface area is 113 Å². The molecule has 0 saturated carbocycles. The Morgan fingerprint density at radius 2 is 2.22 bits per heavy atom. The van der Waals surface area contributed by atoms with Gasteiger partial charge in [0.2, 0.25) is 5.91 Å². The summed E-state index contributed by atoms with van der Waals surface area (Å²) >= 11 is 6.19. The number of likely N-dealkylation sites (N-methyl/N-ethyl adjacent to an activating group) is 2. The third kappa shape index (κ3) is 3.62. The second-order valence-corrected chi connectivity index (χ2v) is 4.48. The van der Waals surface area contributed by atoms with Crippen molar-refractivity contribution in [2.24, 2.45) is 0 Å². The lowest BCUT2D eigenvalue weighted by Gasteiger charge is -2.23. The molecule has 0 radical (unpaired) electrons. The molecule has 18 heavy (non-hydrogen) atoms. The molecule has 0 aliphatic rings. The molecule has 0 aromatic heterocycles. The molecule has 4 nitrogen and oxygen atoms in total. The molecule has 1 aromatic rings. The fourth-order valence-corrected chi connectivity index (χ4v) is 1.97. The molecule has 2 N–H and O–H groups in total. The third-order valence-electron chi connectivity index (χ3n) is 2.79. The van der Waals surface area contributed by atoms with E-state index in [1.165, 1.54) is 0 Å². The molecule has 1 rings (SSSR count). The third-order valence-corrected chi connectivity index (χ3v) is 3.09. The van der Waals surface area contributed by atoms with Gasteiger partial charge in [0, 0.05) is 13.6 Å². The number of hydrogen-bond acceptors (Lipinski definition) is 3. The zero-order chi connectivity index (χ0) is 13.7. The molecule has 0 fully saturated rings. The second kappa shape index (κ2) is 6.61. The number of carbonyl (C=O) groups excluding carboxylic acids is 1. The van der Waals surface area contributed by atoms with Crippen LogP contribution in [0, 0.1) is 0 Å². The molecule has 0 bridgehead atoms. The predicted molar refractivity (Wildman–Crippen MR) is 74.0 cm³/mol. The molecule has 0 aliphatic carbocycles. The lowest BCUT2D eigenvalue weighted by Crippen LogP contribution is -2.35. The fraction of sp³-hybridized carbons (Fsp3) is 0.462. The maximum atomic E-state index is 11.4. The van der Waals surface area contributed by atoms with Crippen molar-refractivity contribution < 1.29 is 9.90 Å². The van der Waals surface area contributed by atoms with Crippen LogP contribution >= 0.6 is 11.6 Å². The van der Waals surface area contributed by atoms with Gasteiger partial charge in [-0.2, -0.15) is 0 Å². The lowest BCUT2D eigenvalue weighted by molar-refractivity contribution is -0.119. The van der Waals surface area contributed by atoms with Gasteiger partial charge in [0.05, 0.1) is 23.4 Å². The molecule has 1 unspecified atom stereocenters. The van der Waals surface area contributed by atoms with E-state index >= 15 is 0 Å². The summed E-state index contributed by atoms with van der Waals surface area (Å²) in [4.78, 5) is 13.3. The Morgan fingerprint density at radius 3 is 2.67 bits per heavy atom. The van der Waals surface area contributed by atoms with Crippen LogP contribution in [0.5, 0.6) is 0 Å². The highest BCUT2D eigenvalue weighted by molar-refractivity contribution is 6.33. The predicted octanol–water partition coefficient (Wildman–Crippen LogP) is 1.97. The standard InChI is InChI=1S/C13H19ClN2O2/c1-4-16(8-13(18)15-3)12-6-5-10(9(2)17)7-11(12)14/h5-7,9,17H,4,8H2,1-3H3,(H,15,18). The van der Waals surface area contributed by atoms with Gasteiger partial charge in [-0.15, -0.1) is 0 Å². The van der Waals surface area contributed by atoms with Gasteiger partial charge in [-0.3, -0.25) is 4.79 Å². The Kier molecular flexibility index (Phi) is 5.44. The van der Waals surface area contributed by atoms with Crippen molar-refractivity contribution in [1.82, 2.24) is 5.32 Å². The van der Waals surface area contributed by atoms with Gasteiger partial charge in [-0.25, -0.2) is 0 Å². The molecular weight excluding hydrogens is 252 g/mol. The first-order valence-electron chi connectivity index (χ1n) is 5.92. The minimum absolute atomic E-state index is 0.0625. The van der Waals surface area contributed by atoms with E-state index in [1.54, 1.807) is 20.0 Å². The summed E-state index contributed by atoms with van der Waals surface area (Å²) in [6, 6.07) is 5.38. The van der Waals surface area contributed by atoms with E-state index in [0.29, 0.717) is 11.6 Å². The van der Waals surface area contributed by atoms with Crippen LogP contribution in [-0.4, -0.2) is 31.2 Å². The minimum atomic E-state index is -0.550. The first kappa shape index (κ1) is 14.8. The topological polar surface area (TPSA) is 52.6 Å². The van der Waals surface area contributed by atoms with Gasteiger partial charge in [-0.05, 0) is 31.5 Å². The summed E-state index contributed by atoms with van der Waals surface area (Å²) in [6.07, 6.45) is -0.550. The van der Waals surface area contributed by atoms with Crippen LogP contribution in [0.3, 0.4) is 0 Å². The summed E-state index contributed by atoms with van der Waals surface area (Å²) in [5.74, 6) is -0.0625. The maximum Gasteiger partial charge on any atom is 0.239 e. The molecule has 1 aromatic carbocycles. The molecule has 1 atom stereocenters. The van der Waals surface area contributed by atoms with Gasteiger partial charge in [0.25, 0.3) is 0 Å². The van der Waals surface area contributed by atoms with E-state index < -0.39 is 6.10 Å². The first-order valence-corrected chi connectivity index (χ1v) is 6.30. The summed E-state index contributed by atoms with van der Waals surface area (Å²) in [6.45, 7) is 4.59. The van der Waals surface area contributed by atoms with Crippen molar-refractivity contribution >= 4 is 23.2 Å². The number of aliphatic hydroxyl groups excluding tert-OH is 1. The van der Waals surface area contributed by atoms with Crippen LogP contribution in [0.2, 0.25) is 5.02 Å². The summed E-state index contributed by atoms with van der Waals surface area (Å²) in [5, 5.41) is 12.6. The van der Waals surface area contributed by atoms with Gasteiger partial charge in [-0.1, -0.05) is 17.7 Å². The number of hydrogen-bond donors (Lipinski definition) is 2. The molecule has 0 saturated heterocycles. The molecule has 0 spiro atoms. The Hall–Kier alpha value is -1.26. The zero-order valence-electron chi connectivity index (χ0n) is 10.9. The minimum Gasteiger partial charge on any atom is -0.389 e. The Morgan fingerprint density at radius 1 is 1.56 bits per heavy atom. The highest BCUT2D eigenvalue weighted by Crippen LogP contribution is 2.28. The van der Waals surface area contributed by atoms with Crippen LogP contribution in [0.4, 0.5) is 5.69 Å². The molecule has 5 heteroatoms. The molecule has 1 amide bonds. The second-order valence-electron chi connectivity index (χ2n) is 4.07. The van der Waals surface area contributed by atoms with E-state index in [2.05, 4.69) is 5.32 Å². The summed E-state index contributed by atoms with van der Waals surface area (Å²) < 4.78 is 0. The van der Waals surface area contributed by atoms with Crippen LogP contribution in [0.15, 0.2) is 18.2 Å². The largest absolute Gasteiger partial charge is 0.389 e. The van der Waals surface area contributed by atoms with E-state index in [1.807, 2.05) is 24.0 Å². The number of carbonyl (C=O) groups is 1. The average molecular weight is 271 g/mol. The fourth-order valence-electron chi connectivity index (χ4n) is 1.66. The number of aliphatic hydroxyl groups is 1. The van der Waals surface area contributed by atoms with Crippen molar-refractivity contribution in [3.63, 3.8) is 0 Å². The first-order chi connectivity index (χ1) is 8.49. The Balaban J connectivity index is 2.96. The van der Waals surface area contributed by atoms with Crippen LogP contribution in [0.1, 0.15) is 25.5 Å². The smallest absolute Gasteiger partial charge is 0.239 e. The number of benzene rings is 1. The number of amides is 1. The van der Waals surface area contributed by atoms with Crippen molar-refractivity contribution in [2.75, 3.05) is 25.0 Å². The summed E-state index contributed by atoms with van der Waals surface area (Å²) in [5.41, 5.74) is 1.56. The number of nitrogens with one attached hydrogen (secondary N) is 1. The zero-order valence-corrected chi connectivity index (χ0v) is 11.7. The van der Waals surface area contributed by atoms with Gasteiger partial charge < -0.3 is 15.3 Å². The highest BCUT2D eigenvalue weighted by atomic mass is 35.5. The van der Waals surface area contributed by atoms with Crippen molar-refractivity contribution in [2.45, 2.75) is 20.0 Å². The van der Waals surface area contributed by atoms with Crippen LogP contribution in [-0.2, 0) is 4.79 Å². The molecular formula is C13H19ClN2O2. The van der Waals surface area contributed by atoms with E-state index in [0.717, 1.165) is 11.3 Å². The lowest BCUT2D eigenvalue weighted by atomic mass is 10.1. The quantitative estimate of drug-likeness (QED) is 0.860. The number of rotatable bonds is 5. The number of anilines is 1. The SMILES string of the molecule is CCN(CC(=O)NC)c1ccc(C(C)O)cc1Cl. The van der Waals surface area contributed by atoms with Gasteiger partial charge in [0.15, 0.2) is 0 Å². The maximum absolute atomic E-state index is 11.4.